The lowest BCUT2D eigenvalue weighted by molar-refractivity contribution is -0.124. The van der Waals surface area contributed by atoms with Crippen LogP contribution < -0.4 is 11.1 Å². The molecule has 2 atom stereocenters. The Bertz CT molecular complexity index is 254. The van der Waals surface area contributed by atoms with Gasteiger partial charge in [-0.1, -0.05) is 26.7 Å². The highest BCUT2D eigenvalue weighted by Crippen LogP contribution is 2.26. The second-order valence-corrected chi connectivity index (χ2v) is 5.73. The van der Waals surface area contributed by atoms with Gasteiger partial charge in [0.15, 0.2) is 0 Å². The fraction of sp³-hybridized carbons (Fsp3) is 0.929. The molecule has 0 heterocycles. The summed E-state index contributed by atoms with van der Waals surface area (Å²) in [7, 11) is 0. The van der Waals surface area contributed by atoms with Gasteiger partial charge in [0.1, 0.15) is 0 Å². The van der Waals surface area contributed by atoms with E-state index in [1.807, 2.05) is 0 Å². The number of nitrogens with two attached hydrogens (primary N) is 1. The van der Waals surface area contributed by atoms with Gasteiger partial charge in [-0.2, -0.15) is 0 Å². The Labute approximate surface area is 118 Å². The molecule has 1 aliphatic rings. The molecule has 3 nitrogen and oxygen atoms in total. The second kappa shape index (κ2) is 8.00. The summed E-state index contributed by atoms with van der Waals surface area (Å²) < 4.78 is 0. The first-order valence-corrected chi connectivity index (χ1v) is 7.07. The van der Waals surface area contributed by atoms with Crippen LogP contribution in [0.25, 0.3) is 0 Å². The van der Waals surface area contributed by atoms with E-state index in [-0.39, 0.29) is 29.9 Å². The van der Waals surface area contributed by atoms with Crippen LogP contribution in [-0.2, 0) is 4.79 Å². The van der Waals surface area contributed by atoms with E-state index in [0.29, 0.717) is 12.3 Å². The number of carbonyl (C=O) groups excluding carboxylic acids is 1. The third kappa shape index (κ3) is 5.15. The Morgan fingerprint density at radius 1 is 1.28 bits per heavy atom. The Balaban J connectivity index is 0.00000289. The van der Waals surface area contributed by atoms with Crippen molar-refractivity contribution in [3.8, 4) is 0 Å². The first kappa shape index (κ1) is 17.7. The second-order valence-electron chi connectivity index (χ2n) is 5.73. The fourth-order valence-corrected chi connectivity index (χ4v) is 2.54. The lowest BCUT2D eigenvalue weighted by atomic mass is 9.82. The summed E-state index contributed by atoms with van der Waals surface area (Å²) in [5.41, 5.74) is 6.03. The van der Waals surface area contributed by atoms with E-state index in [2.05, 4.69) is 26.1 Å². The van der Waals surface area contributed by atoms with E-state index < -0.39 is 0 Å². The highest BCUT2D eigenvalue weighted by atomic mass is 35.5. The van der Waals surface area contributed by atoms with Crippen molar-refractivity contribution in [1.29, 1.82) is 0 Å². The van der Waals surface area contributed by atoms with Gasteiger partial charge in [0, 0.05) is 18.0 Å². The number of rotatable bonds is 5. The van der Waals surface area contributed by atoms with Crippen LogP contribution in [0.5, 0.6) is 0 Å². The topological polar surface area (TPSA) is 55.1 Å². The van der Waals surface area contributed by atoms with Crippen molar-refractivity contribution < 1.29 is 4.79 Å². The van der Waals surface area contributed by atoms with Crippen molar-refractivity contribution in [1.82, 2.24) is 5.32 Å². The first-order chi connectivity index (χ1) is 8.00. The highest BCUT2D eigenvalue weighted by Gasteiger charge is 2.27. The molecule has 0 spiro atoms. The van der Waals surface area contributed by atoms with Crippen molar-refractivity contribution in [3.63, 3.8) is 0 Å². The molecule has 1 saturated carbocycles. The molecule has 1 aliphatic carbocycles. The molecule has 3 N–H and O–H groups in total. The predicted molar refractivity (Wildman–Crippen MR) is 78.9 cm³/mol. The minimum Gasteiger partial charge on any atom is -0.351 e. The van der Waals surface area contributed by atoms with E-state index in [9.17, 15) is 4.79 Å². The summed E-state index contributed by atoms with van der Waals surface area (Å²) in [4.78, 5) is 12.0. The molecule has 0 aromatic rings. The number of nitrogens with one attached hydrogen (secondary N) is 1. The molecule has 0 bridgehead atoms. The molecule has 0 aromatic heterocycles. The van der Waals surface area contributed by atoms with Crippen LogP contribution in [0.15, 0.2) is 0 Å². The molecular formula is C14H29ClN2O. The molecule has 0 aromatic carbocycles. The molecular weight excluding hydrogens is 248 g/mol. The van der Waals surface area contributed by atoms with Gasteiger partial charge in [-0.05, 0) is 38.5 Å². The maximum Gasteiger partial charge on any atom is 0.220 e. The van der Waals surface area contributed by atoms with E-state index in [1.54, 1.807) is 0 Å². The molecule has 1 amide bonds. The zero-order valence-electron chi connectivity index (χ0n) is 12.0. The van der Waals surface area contributed by atoms with Crippen molar-refractivity contribution in [2.45, 2.75) is 77.3 Å². The average molecular weight is 277 g/mol. The van der Waals surface area contributed by atoms with Gasteiger partial charge in [0.05, 0.1) is 0 Å². The van der Waals surface area contributed by atoms with E-state index >= 15 is 0 Å². The quantitative estimate of drug-likeness (QED) is 0.811. The zero-order chi connectivity index (χ0) is 12.9. The predicted octanol–water partition coefficient (Wildman–Crippen LogP) is 3.01. The van der Waals surface area contributed by atoms with Crippen LogP contribution >= 0.6 is 12.4 Å². The third-order valence-electron chi connectivity index (χ3n) is 4.42. The minimum atomic E-state index is -0.0458. The van der Waals surface area contributed by atoms with Gasteiger partial charge in [-0.25, -0.2) is 0 Å². The van der Waals surface area contributed by atoms with E-state index in [1.165, 1.54) is 12.8 Å². The summed E-state index contributed by atoms with van der Waals surface area (Å²) in [6.07, 6.45) is 7.21. The van der Waals surface area contributed by atoms with Gasteiger partial charge in [0.2, 0.25) is 5.91 Å². The van der Waals surface area contributed by atoms with Gasteiger partial charge < -0.3 is 11.1 Å². The molecule has 0 radical (unpaired) electrons. The van der Waals surface area contributed by atoms with Crippen LogP contribution in [0.4, 0.5) is 0 Å². The summed E-state index contributed by atoms with van der Waals surface area (Å²) in [5.74, 6) is 0.570. The van der Waals surface area contributed by atoms with Crippen molar-refractivity contribution in [3.05, 3.63) is 0 Å². The highest BCUT2D eigenvalue weighted by molar-refractivity contribution is 5.85. The SMILES string of the molecule is CCC(C)(CC)NC(=O)CC1CCCCC1N.Cl. The lowest BCUT2D eigenvalue weighted by Crippen LogP contribution is -2.46. The monoisotopic (exact) mass is 276 g/mol. The maximum absolute atomic E-state index is 12.0. The smallest absolute Gasteiger partial charge is 0.220 e. The molecule has 0 aliphatic heterocycles. The number of hydrogen-bond donors (Lipinski definition) is 2. The van der Waals surface area contributed by atoms with Crippen LogP contribution in [0.1, 0.15) is 65.7 Å². The van der Waals surface area contributed by atoms with Crippen molar-refractivity contribution in [2.75, 3.05) is 0 Å². The Morgan fingerprint density at radius 2 is 1.83 bits per heavy atom. The van der Waals surface area contributed by atoms with Crippen LogP contribution in [0, 0.1) is 5.92 Å². The molecule has 0 saturated heterocycles. The van der Waals surface area contributed by atoms with Crippen molar-refractivity contribution >= 4 is 18.3 Å². The minimum absolute atomic E-state index is 0. The number of halogens is 1. The van der Waals surface area contributed by atoms with Gasteiger partial charge in [0.25, 0.3) is 0 Å². The molecule has 4 heteroatoms. The summed E-state index contributed by atoms with van der Waals surface area (Å²) >= 11 is 0. The lowest BCUT2D eigenvalue weighted by Gasteiger charge is -2.32. The normalized spacial score (nSPS) is 24.2. The molecule has 2 unspecified atom stereocenters. The standard InChI is InChI=1S/C14H28N2O.ClH/c1-4-14(3,5-2)16-13(17)10-11-8-6-7-9-12(11)15;/h11-12H,4-10,15H2,1-3H3,(H,16,17);1H. The third-order valence-corrected chi connectivity index (χ3v) is 4.42. The maximum atomic E-state index is 12.0. The average Bonchev–Trinajstić information content (AvgIpc) is 2.32. The van der Waals surface area contributed by atoms with Gasteiger partial charge in [-0.3, -0.25) is 4.79 Å². The molecule has 1 rings (SSSR count). The summed E-state index contributed by atoms with van der Waals surface area (Å²) in [5, 5.41) is 3.17. The Kier molecular flexibility index (Phi) is 7.88. The molecule has 18 heavy (non-hydrogen) atoms. The summed E-state index contributed by atoms with van der Waals surface area (Å²) in [6, 6.07) is 0.226. The number of carbonyl (C=O) groups is 1. The Hall–Kier alpha value is -0.280. The Morgan fingerprint density at radius 3 is 2.33 bits per heavy atom. The van der Waals surface area contributed by atoms with Crippen LogP contribution in [0.2, 0.25) is 0 Å². The molecule has 108 valence electrons. The number of amides is 1. The van der Waals surface area contributed by atoms with E-state index in [0.717, 1.165) is 25.7 Å². The largest absolute Gasteiger partial charge is 0.351 e. The zero-order valence-corrected chi connectivity index (χ0v) is 12.8. The van der Waals surface area contributed by atoms with E-state index in [4.69, 9.17) is 5.73 Å². The first-order valence-electron chi connectivity index (χ1n) is 7.07. The summed E-state index contributed by atoms with van der Waals surface area (Å²) in [6.45, 7) is 6.36. The molecule has 1 fully saturated rings. The van der Waals surface area contributed by atoms with Crippen LogP contribution in [0.3, 0.4) is 0 Å². The fourth-order valence-electron chi connectivity index (χ4n) is 2.54. The van der Waals surface area contributed by atoms with Crippen LogP contribution in [-0.4, -0.2) is 17.5 Å². The van der Waals surface area contributed by atoms with Gasteiger partial charge >= 0.3 is 0 Å². The van der Waals surface area contributed by atoms with Gasteiger partial charge in [-0.15, -0.1) is 12.4 Å². The van der Waals surface area contributed by atoms with Crippen molar-refractivity contribution in [2.24, 2.45) is 11.7 Å². The number of hydrogen-bond acceptors (Lipinski definition) is 2.